The quantitative estimate of drug-likeness (QED) is 0.550. The summed E-state index contributed by atoms with van der Waals surface area (Å²) in [4.78, 5) is 16.7. The van der Waals surface area contributed by atoms with Crippen molar-refractivity contribution < 1.29 is 23.5 Å². The molecule has 2 aromatic carbocycles. The highest BCUT2D eigenvalue weighted by atomic mass is 35.5. The van der Waals surface area contributed by atoms with E-state index in [2.05, 4.69) is 15.5 Å². The molecule has 0 fully saturated rings. The Labute approximate surface area is 179 Å². The first-order valence-corrected chi connectivity index (χ1v) is 9.55. The highest BCUT2D eigenvalue weighted by Crippen LogP contribution is 2.21. The predicted molar refractivity (Wildman–Crippen MR) is 110 cm³/mol. The van der Waals surface area contributed by atoms with Gasteiger partial charge in [-0.15, -0.1) is 0 Å². The highest BCUT2D eigenvalue weighted by molar-refractivity contribution is 6.30. The fourth-order valence-corrected chi connectivity index (χ4v) is 2.58. The Bertz CT molecular complexity index is 971. The number of amides is 1. The predicted octanol–water partition coefficient (Wildman–Crippen LogP) is 3.78. The highest BCUT2D eigenvalue weighted by Gasteiger charge is 2.30. The zero-order chi connectivity index (χ0) is 21.6. The number of rotatable bonds is 9. The number of hydrogen-bond donors (Lipinski definition) is 1. The van der Waals surface area contributed by atoms with Gasteiger partial charge >= 0.3 is 0 Å². The van der Waals surface area contributed by atoms with Gasteiger partial charge in [0.2, 0.25) is 11.7 Å². The molecule has 0 unspecified atom stereocenters. The summed E-state index contributed by atoms with van der Waals surface area (Å²) in [6.07, 6.45) is 0. The molecular weight excluding hydrogens is 410 g/mol. The maximum absolute atomic E-state index is 12.5. The summed E-state index contributed by atoms with van der Waals surface area (Å²) in [5.41, 5.74) is -1.10. The number of carbonyl (C=O) groups is 1. The second kappa shape index (κ2) is 9.49. The number of ether oxygens (including phenoxy) is 3. The van der Waals surface area contributed by atoms with Crippen LogP contribution >= 0.6 is 11.6 Å². The summed E-state index contributed by atoms with van der Waals surface area (Å²) < 4.78 is 21.6. The van der Waals surface area contributed by atoms with Gasteiger partial charge in [-0.25, -0.2) is 0 Å². The number of aromatic nitrogens is 2. The Morgan fingerprint density at radius 3 is 2.37 bits per heavy atom. The molecule has 0 saturated heterocycles. The van der Waals surface area contributed by atoms with Crippen LogP contribution in [0.25, 0.3) is 0 Å². The van der Waals surface area contributed by atoms with E-state index >= 15 is 0 Å². The smallest absolute Gasteiger partial charge is 0.264 e. The van der Waals surface area contributed by atoms with Gasteiger partial charge in [0, 0.05) is 5.02 Å². The van der Waals surface area contributed by atoms with Gasteiger partial charge in [-0.3, -0.25) is 4.79 Å². The zero-order valence-corrected chi connectivity index (χ0v) is 17.6. The van der Waals surface area contributed by atoms with E-state index in [9.17, 15) is 4.79 Å². The number of methoxy groups -OCH3 is 1. The first kappa shape index (κ1) is 21.4. The van der Waals surface area contributed by atoms with E-state index in [1.807, 2.05) is 0 Å². The molecule has 0 atom stereocenters. The minimum atomic E-state index is -1.10. The summed E-state index contributed by atoms with van der Waals surface area (Å²) in [7, 11) is 1.60. The summed E-state index contributed by atoms with van der Waals surface area (Å²) in [6.45, 7) is 3.54. The summed E-state index contributed by atoms with van der Waals surface area (Å²) in [5, 5.41) is 7.17. The van der Waals surface area contributed by atoms with Crippen LogP contribution < -0.4 is 19.5 Å². The Morgan fingerprint density at radius 2 is 1.70 bits per heavy atom. The maximum atomic E-state index is 12.5. The van der Waals surface area contributed by atoms with Crippen molar-refractivity contribution in [2.24, 2.45) is 0 Å². The van der Waals surface area contributed by atoms with Crippen molar-refractivity contribution in [1.82, 2.24) is 15.5 Å². The van der Waals surface area contributed by atoms with Crippen LogP contribution in [0.2, 0.25) is 5.02 Å². The van der Waals surface area contributed by atoms with Crippen molar-refractivity contribution in [3.63, 3.8) is 0 Å². The van der Waals surface area contributed by atoms with Gasteiger partial charge in [0.25, 0.3) is 5.91 Å². The molecule has 30 heavy (non-hydrogen) atoms. The van der Waals surface area contributed by atoms with Crippen molar-refractivity contribution >= 4 is 17.5 Å². The topological polar surface area (TPSA) is 95.7 Å². The van der Waals surface area contributed by atoms with Crippen LogP contribution in [0.4, 0.5) is 0 Å². The zero-order valence-electron chi connectivity index (χ0n) is 16.8. The number of hydrogen-bond acceptors (Lipinski definition) is 7. The van der Waals surface area contributed by atoms with Crippen LogP contribution in [0.1, 0.15) is 25.6 Å². The lowest BCUT2D eigenvalue weighted by molar-refractivity contribution is -0.134. The third-order valence-corrected chi connectivity index (χ3v) is 4.32. The second-order valence-electron chi connectivity index (χ2n) is 6.82. The van der Waals surface area contributed by atoms with Crippen molar-refractivity contribution in [2.45, 2.75) is 32.6 Å². The van der Waals surface area contributed by atoms with E-state index in [0.29, 0.717) is 22.3 Å². The van der Waals surface area contributed by atoms with Crippen LogP contribution in [0.5, 0.6) is 17.2 Å². The molecular formula is C21H22ClN3O5. The van der Waals surface area contributed by atoms with Gasteiger partial charge in [-0.1, -0.05) is 16.8 Å². The minimum absolute atomic E-state index is 0.0712. The Balaban J connectivity index is 1.48. The largest absolute Gasteiger partial charge is 0.497 e. The SMILES string of the molecule is COc1ccc(OCc2noc(CNC(=O)C(C)(C)Oc3ccc(Cl)cc3)n2)cc1. The molecule has 8 nitrogen and oxygen atoms in total. The molecule has 9 heteroatoms. The molecule has 1 amide bonds. The summed E-state index contributed by atoms with van der Waals surface area (Å²) in [5.74, 6) is 2.23. The number of halogens is 1. The Morgan fingerprint density at radius 1 is 1.07 bits per heavy atom. The maximum Gasteiger partial charge on any atom is 0.264 e. The lowest BCUT2D eigenvalue weighted by atomic mass is 10.1. The van der Waals surface area contributed by atoms with Crippen molar-refractivity contribution in [2.75, 3.05) is 7.11 Å². The van der Waals surface area contributed by atoms with Gasteiger partial charge in [0.15, 0.2) is 12.2 Å². The normalized spacial score (nSPS) is 11.1. The third kappa shape index (κ3) is 5.87. The van der Waals surface area contributed by atoms with E-state index in [1.165, 1.54) is 0 Å². The standard InChI is InChI=1S/C21H22ClN3O5/c1-21(2,29-17-6-4-14(22)5-7-17)20(26)23-12-19-24-18(25-30-19)13-28-16-10-8-15(27-3)9-11-16/h4-11H,12-13H2,1-3H3,(H,23,26). The number of carbonyl (C=O) groups excluding carboxylic acids is 1. The van der Waals surface area contributed by atoms with Gasteiger partial charge in [-0.2, -0.15) is 4.98 Å². The molecule has 0 aliphatic carbocycles. The molecule has 0 radical (unpaired) electrons. The monoisotopic (exact) mass is 431 g/mol. The van der Waals surface area contributed by atoms with Gasteiger partial charge in [-0.05, 0) is 62.4 Å². The van der Waals surface area contributed by atoms with Gasteiger partial charge < -0.3 is 24.1 Å². The molecule has 0 aliphatic rings. The van der Waals surface area contributed by atoms with Crippen LogP contribution in [-0.2, 0) is 17.9 Å². The summed E-state index contributed by atoms with van der Waals surface area (Å²) in [6, 6.07) is 13.9. The number of benzene rings is 2. The van der Waals surface area contributed by atoms with Crippen molar-refractivity contribution in [1.29, 1.82) is 0 Å². The molecule has 1 heterocycles. The van der Waals surface area contributed by atoms with Crippen molar-refractivity contribution in [3.8, 4) is 17.2 Å². The molecule has 0 saturated carbocycles. The van der Waals surface area contributed by atoms with E-state index in [1.54, 1.807) is 69.5 Å². The fraction of sp³-hybridized carbons (Fsp3) is 0.286. The Kier molecular flexibility index (Phi) is 6.79. The van der Waals surface area contributed by atoms with Gasteiger partial charge in [0.1, 0.15) is 17.2 Å². The third-order valence-electron chi connectivity index (χ3n) is 4.07. The number of nitrogens with one attached hydrogen (secondary N) is 1. The average molecular weight is 432 g/mol. The second-order valence-corrected chi connectivity index (χ2v) is 7.25. The van der Waals surface area contributed by atoms with E-state index in [0.717, 1.165) is 5.75 Å². The Hall–Kier alpha value is -3.26. The molecule has 1 N–H and O–H groups in total. The van der Waals surface area contributed by atoms with E-state index in [4.69, 9.17) is 30.3 Å². The first-order valence-electron chi connectivity index (χ1n) is 9.17. The van der Waals surface area contributed by atoms with E-state index < -0.39 is 5.60 Å². The lowest BCUT2D eigenvalue weighted by Crippen LogP contribution is -2.46. The fourth-order valence-electron chi connectivity index (χ4n) is 2.45. The lowest BCUT2D eigenvalue weighted by Gasteiger charge is -2.25. The molecule has 0 aliphatic heterocycles. The molecule has 3 rings (SSSR count). The van der Waals surface area contributed by atoms with E-state index in [-0.39, 0.29) is 24.9 Å². The van der Waals surface area contributed by atoms with Crippen LogP contribution in [0.15, 0.2) is 53.1 Å². The van der Waals surface area contributed by atoms with Gasteiger partial charge in [0.05, 0.1) is 13.7 Å². The first-order chi connectivity index (χ1) is 14.4. The molecule has 158 valence electrons. The van der Waals surface area contributed by atoms with Crippen LogP contribution in [-0.4, -0.2) is 28.8 Å². The van der Waals surface area contributed by atoms with Crippen molar-refractivity contribution in [3.05, 3.63) is 65.3 Å². The average Bonchev–Trinajstić information content (AvgIpc) is 3.20. The minimum Gasteiger partial charge on any atom is -0.497 e. The molecule has 3 aromatic rings. The van der Waals surface area contributed by atoms with Crippen LogP contribution in [0, 0.1) is 0 Å². The number of nitrogens with zero attached hydrogens (tertiary/aromatic N) is 2. The molecule has 0 bridgehead atoms. The molecule has 0 spiro atoms. The van der Waals surface area contributed by atoms with Crippen LogP contribution in [0.3, 0.4) is 0 Å². The summed E-state index contributed by atoms with van der Waals surface area (Å²) >= 11 is 5.86. The molecule has 1 aromatic heterocycles.